The Morgan fingerprint density at radius 3 is 2.33 bits per heavy atom. The first-order valence-electron chi connectivity index (χ1n) is 5.01. The maximum absolute atomic E-state index is 11.3. The lowest BCUT2D eigenvalue weighted by Crippen LogP contribution is -2.38. The van der Waals surface area contributed by atoms with Crippen LogP contribution in [0.4, 0.5) is 0 Å². The summed E-state index contributed by atoms with van der Waals surface area (Å²) in [5.74, 6) is -0.0657. The molecule has 0 aromatic carbocycles. The van der Waals surface area contributed by atoms with Crippen molar-refractivity contribution < 1.29 is 4.79 Å². The van der Waals surface area contributed by atoms with Crippen LogP contribution in [0, 0.1) is 5.41 Å². The lowest BCUT2D eigenvalue weighted by Gasteiger charge is -2.33. The van der Waals surface area contributed by atoms with E-state index in [2.05, 4.69) is 6.92 Å². The molecule has 1 rings (SSSR count). The maximum Gasteiger partial charge on any atom is 0.223 e. The van der Waals surface area contributed by atoms with Gasteiger partial charge in [0.15, 0.2) is 0 Å². The zero-order valence-corrected chi connectivity index (χ0v) is 7.94. The minimum absolute atomic E-state index is 0.0657. The molecule has 0 saturated heterocycles. The predicted molar refractivity (Wildman–Crippen MR) is 49.6 cm³/mol. The largest absolute Gasteiger partial charge is 0.369 e. The van der Waals surface area contributed by atoms with Crippen molar-refractivity contribution in [1.82, 2.24) is 0 Å². The van der Waals surface area contributed by atoms with Crippen molar-refractivity contribution in [1.29, 1.82) is 0 Å². The smallest absolute Gasteiger partial charge is 0.223 e. The number of amides is 1. The van der Waals surface area contributed by atoms with Gasteiger partial charge in [-0.25, -0.2) is 0 Å². The van der Waals surface area contributed by atoms with Crippen molar-refractivity contribution in [2.75, 3.05) is 0 Å². The molecular formula is C10H19NO. The number of nitrogens with two attached hydrogens (primary N) is 1. The molecule has 1 aliphatic rings. The van der Waals surface area contributed by atoms with E-state index >= 15 is 0 Å². The van der Waals surface area contributed by atoms with Crippen LogP contribution in [0.2, 0.25) is 0 Å². The quantitative estimate of drug-likeness (QED) is 0.691. The highest BCUT2D eigenvalue weighted by Crippen LogP contribution is 2.39. The molecule has 2 heteroatoms. The molecule has 1 saturated carbocycles. The van der Waals surface area contributed by atoms with E-state index in [0.717, 1.165) is 25.7 Å². The van der Waals surface area contributed by atoms with Gasteiger partial charge in [-0.1, -0.05) is 32.6 Å². The van der Waals surface area contributed by atoms with E-state index in [9.17, 15) is 4.79 Å². The van der Waals surface area contributed by atoms with Gasteiger partial charge in [0.25, 0.3) is 0 Å². The first-order chi connectivity index (χ1) is 5.71. The summed E-state index contributed by atoms with van der Waals surface area (Å²) in [7, 11) is 0. The Labute approximate surface area is 74.5 Å². The maximum atomic E-state index is 11.3. The number of rotatable bonds is 3. The molecular weight excluding hydrogens is 150 g/mol. The molecule has 2 nitrogen and oxygen atoms in total. The van der Waals surface area contributed by atoms with Crippen LogP contribution < -0.4 is 5.73 Å². The molecule has 2 N–H and O–H groups in total. The second-order valence-corrected chi connectivity index (χ2v) is 3.96. The topological polar surface area (TPSA) is 43.1 Å². The van der Waals surface area contributed by atoms with E-state index < -0.39 is 0 Å². The molecule has 0 aromatic rings. The molecule has 12 heavy (non-hydrogen) atoms. The fourth-order valence-corrected chi connectivity index (χ4v) is 2.33. The standard InChI is InChI=1S/C10H19NO/c1-2-6-10(9(11)12)7-4-3-5-8-10/h2-8H2,1H3,(H2,11,12). The summed E-state index contributed by atoms with van der Waals surface area (Å²) in [5.41, 5.74) is 5.32. The van der Waals surface area contributed by atoms with Crippen molar-refractivity contribution in [2.24, 2.45) is 11.1 Å². The lowest BCUT2D eigenvalue weighted by atomic mass is 9.71. The molecule has 0 radical (unpaired) electrons. The van der Waals surface area contributed by atoms with Gasteiger partial charge in [0.2, 0.25) is 5.91 Å². The minimum Gasteiger partial charge on any atom is -0.369 e. The van der Waals surface area contributed by atoms with Crippen LogP contribution in [0.5, 0.6) is 0 Å². The number of hydrogen-bond acceptors (Lipinski definition) is 1. The zero-order valence-electron chi connectivity index (χ0n) is 7.94. The van der Waals surface area contributed by atoms with Gasteiger partial charge in [0, 0.05) is 5.41 Å². The number of carbonyl (C=O) groups excluding carboxylic acids is 1. The van der Waals surface area contributed by atoms with Crippen molar-refractivity contribution in [3.05, 3.63) is 0 Å². The van der Waals surface area contributed by atoms with Crippen molar-refractivity contribution in [2.45, 2.75) is 51.9 Å². The highest BCUT2D eigenvalue weighted by atomic mass is 16.1. The third kappa shape index (κ3) is 1.79. The Bertz CT molecular complexity index is 154. The molecule has 1 fully saturated rings. The molecule has 0 spiro atoms. The second-order valence-electron chi connectivity index (χ2n) is 3.96. The normalized spacial score (nSPS) is 22.1. The van der Waals surface area contributed by atoms with Crippen LogP contribution in [-0.4, -0.2) is 5.91 Å². The number of carbonyl (C=O) groups is 1. The molecule has 0 bridgehead atoms. The number of primary amides is 1. The highest BCUT2D eigenvalue weighted by Gasteiger charge is 2.36. The Hall–Kier alpha value is -0.530. The second kappa shape index (κ2) is 3.92. The predicted octanol–water partition coefficient (Wildman–Crippen LogP) is 2.22. The fraction of sp³-hybridized carbons (Fsp3) is 0.900. The molecule has 0 unspecified atom stereocenters. The molecule has 70 valence electrons. The molecule has 1 amide bonds. The van der Waals surface area contributed by atoms with E-state index in [4.69, 9.17) is 5.73 Å². The highest BCUT2D eigenvalue weighted by molar-refractivity contribution is 5.80. The van der Waals surface area contributed by atoms with E-state index in [-0.39, 0.29) is 11.3 Å². The Morgan fingerprint density at radius 1 is 1.33 bits per heavy atom. The summed E-state index contributed by atoms with van der Waals surface area (Å²) in [5, 5.41) is 0. The summed E-state index contributed by atoms with van der Waals surface area (Å²) >= 11 is 0. The van der Waals surface area contributed by atoms with Crippen LogP contribution >= 0.6 is 0 Å². The van der Waals surface area contributed by atoms with E-state index in [1.807, 2.05) is 0 Å². The van der Waals surface area contributed by atoms with Gasteiger partial charge in [-0.05, 0) is 19.3 Å². The summed E-state index contributed by atoms with van der Waals surface area (Å²) in [4.78, 5) is 11.3. The molecule has 0 aliphatic heterocycles. The van der Waals surface area contributed by atoms with E-state index in [1.54, 1.807) is 0 Å². The fourth-order valence-electron chi connectivity index (χ4n) is 2.33. The van der Waals surface area contributed by atoms with E-state index in [1.165, 1.54) is 19.3 Å². The molecule has 0 heterocycles. The van der Waals surface area contributed by atoms with Crippen molar-refractivity contribution in [3.8, 4) is 0 Å². The molecule has 0 aromatic heterocycles. The average Bonchev–Trinajstić information content (AvgIpc) is 2.06. The van der Waals surface area contributed by atoms with Gasteiger partial charge in [0.05, 0.1) is 0 Å². The third-order valence-corrected chi connectivity index (χ3v) is 3.06. The average molecular weight is 169 g/mol. The molecule has 1 aliphatic carbocycles. The Morgan fingerprint density at radius 2 is 1.92 bits per heavy atom. The lowest BCUT2D eigenvalue weighted by molar-refractivity contribution is -0.130. The van der Waals surface area contributed by atoms with Crippen LogP contribution in [0.3, 0.4) is 0 Å². The van der Waals surface area contributed by atoms with E-state index in [0.29, 0.717) is 0 Å². The van der Waals surface area contributed by atoms with Gasteiger partial charge in [-0.2, -0.15) is 0 Å². The van der Waals surface area contributed by atoms with Crippen molar-refractivity contribution in [3.63, 3.8) is 0 Å². The van der Waals surface area contributed by atoms with Gasteiger partial charge >= 0.3 is 0 Å². The van der Waals surface area contributed by atoms with Gasteiger partial charge in [-0.15, -0.1) is 0 Å². The minimum atomic E-state index is -0.132. The van der Waals surface area contributed by atoms with Crippen LogP contribution in [0.15, 0.2) is 0 Å². The van der Waals surface area contributed by atoms with Gasteiger partial charge in [-0.3, -0.25) is 4.79 Å². The zero-order chi connectivity index (χ0) is 9.03. The first-order valence-corrected chi connectivity index (χ1v) is 5.01. The summed E-state index contributed by atoms with van der Waals surface area (Å²) < 4.78 is 0. The Kier molecular flexibility index (Phi) is 3.12. The summed E-state index contributed by atoms with van der Waals surface area (Å²) in [6.07, 6.45) is 7.75. The summed E-state index contributed by atoms with van der Waals surface area (Å²) in [6.45, 7) is 2.12. The van der Waals surface area contributed by atoms with Crippen LogP contribution in [-0.2, 0) is 4.79 Å². The monoisotopic (exact) mass is 169 g/mol. The number of hydrogen-bond donors (Lipinski definition) is 1. The SMILES string of the molecule is CCCC1(C(N)=O)CCCCC1. The van der Waals surface area contributed by atoms with Crippen molar-refractivity contribution >= 4 is 5.91 Å². The van der Waals surface area contributed by atoms with Crippen LogP contribution in [0.25, 0.3) is 0 Å². The molecule has 0 atom stereocenters. The van der Waals surface area contributed by atoms with Gasteiger partial charge in [0.1, 0.15) is 0 Å². The van der Waals surface area contributed by atoms with Crippen LogP contribution in [0.1, 0.15) is 51.9 Å². The third-order valence-electron chi connectivity index (χ3n) is 3.06. The summed E-state index contributed by atoms with van der Waals surface area (Å²) in [6, 6.07) is 0. The van der Waals surface area contributed by atoms with Gasteiger partial charge < -0.3 is 5.73 Å². The first kappa shape index (κ1) is 9.56. The Balaban J connectivity index is 2.63.